The van der Waals surface area contributed by atoms with Crippen molar-refractivity contribution in [2.75, 3.05) is 24.7 Å². The van der Waals surface area contributed by atoms with Gasteiger partial charge >= 0.3 is 5.97 Å². The fraction of sp³-hybridized carbons (Fsp3) is 0.455. The van der Waals surface area contributed by atoms with E-state index in [-0.39, 0.29) is 18.2 Å². The minimum Gasteiger partial charge on any atom is -0.478 e. The molecule has 1 atom stereocenters. The van der Waals surface area contributed by atoms with Crippen molar-refractivity contribution in [3.05, 3.63) is 23.9 Å². The molecule has 2 rings (SSSR count). The number of carboxylic acids is 1. The van der Waals surface area contributed by atoms with Gasteiger partial charge in [0.2, 0.25) is 0 Å². The number of nitrogens with zero attached hydrogens (tertiary/aromatic N) is 2. The van der Waals surface area contributed by atoms with Crippen LogP contribution in [-0.4, -0.2) is 35.8 Å². The summed E-state index contributed by atoms with van der Waals surface area (Å²) < 4.78 is 12.4. The molecule has 4 nitrogen and oxygen atoms in total. The largest absolute Gasteiger partial charge is 0.478 e. The summed E-state index contributed by atoms with van der Waals surface area (Å²) in [5.74, 6) is -0.177. The van der Waals surface area contributed by atoms with Gasteiger partial charge < -0.3 is 10.0 Å². The summed E-state index contributed by atoms with van der Waals surface area (Å²) in [6, 6.07) is 3.19. The lowest BCUT2D eigenvalue weighted by atomic mass is 10.1. The zero-order chi connectivity index (χ0) is 11.5. The molecular weight excluding hydrogens is 211 g/mol. The van der Waals surface area contributed by atoms with E-state index < -0.39 is 5.97 Å². The molecular formula is C11H13FN2O2. The van der Waals surface area contributed by atoms with Crippen molar-refractivity contribution in [2.45, 2.75) is 6.42 Å². The predicted molar refractivity (Wildman–Crippen MR) is 57.5 cm³/mol. The third kappa shape index (κ3) is 2.13. The van der Waals surface area contributed by atoms with Gasteiger partial charge in [-0.05, 0) is 18.6 Å². The van der Waals surface area contributed by atoms with Gasteiger partial charge in [0.15, 0.2) is 0 Å². The van der Waals surface area contributed by atoms with E-state index in [1.54, 1.807) is 6.07 Å². The third-order valence-corrected chi connectivity index (χ3v) is 2.82. The second-order valence-electron chi connectivity index (χ2n) is 3.97. The van der Waals surface area contributed by atoms with Gasteiger partial charge in [-0.2, -0.15) is 0 Å². The maximum absolute atomic E-state index is 12.4. The predicted octanol–water partition coefficient (Wildman–Crippen LogP) is 1.58. The molecule has 0 bridgehead atoms. The summed E-state index contributed by atoms with van der Waals surface area (Å²) in [4.78, 5) is 16.7. The number of pyridine rings is 1. The minimum absolute atomic E-state index is 0.0842. The van der Waals surface area contributed by atoms with Crippen molar-refractivity contribution in [2.24, 2.45) is 5.92 Å². The van der Waals surface area contributed by atoms with Crippen molar-refractivity contribution in [3.63, 3.8) is 0 Å². The highest BCUT2D eigenvalue weighted by Gasteiger charge is 2.23. The van der Waals surface area contributed by atoms with Crippen LogP contribution in [0, 0.1) is 5.92 Å². The Bertz CT molecular complexity index is 380. The molecule has 1 aliphatic rings. The molecule has 1 aromatic heterocycles. The van der Waals surface area contributed by atoms with E-state index in [1.165, 1.54) is 12.3 Å². The maximum Gasteiger partial charge on any atom is 0.337 e. The normalized spacial score (nSPS) is 20.1. The Morgan fingerprint density at radius 1 is 1.62 bits per heavy atom. The van der Waals surface area contributed by atoms with Crippen LogP contribution in [0.15, 0.2) is 18.3 Å². The number of anilines is 1. The van der Waals surface area contributed by atoms with Gasteiger partial charge in [-0.15, -0.1) is 0 Å². The van der Waals surface area contributed by atoms with Gasteiger partial charge in [0.25, 0.3) is 0 Å². The highest BCUT2D eigenvalue weighted by molar-refractivity contribution is 5.87. The molecule has 1 aliphatic heterocycles. The first-order valence-electron chi connectivity index (χ1n) is 5.21. The third-order valence-electron chi connectivity index (χ3n) is 2.82. The average molecular weight is 224 g/mol. The van der Waals surface area contributed by atoms with Gasteiger partial charge in [0, 0.05) is 25.2 Å². The van der Waals surface area contributed by atoms with Crippen molar-refractivity contribution in [1.29, 1.82) is 0 Å². The molecule has 0 aromatic carbocycles. The molecule has 86 valence electrons. The van der Waals surface area contributed by atoms with E-state index in [1.807, 2.05) is 4.90 Å². The minimum atomic E-state index is -0.984. The maximum atomic E-state index is 12.4. The standard InChI is InChI=1S/C11H13FN2O2/c12-5-8-3-4-14(7-8)10-2-1-9(6-13-10)11(15)16/h1-2,6,8H,3-5,7H2,(H,15,16)/t8-/m1/s1. The first kappa shape index (κ1) is 10.9. The molecule has 2 heterocycles. The number of carboxylic acid groups (broad SMARTS) is 1. The molecule has 0 saturated carbocycles. The molecule has 1 fully saturated rings. The lowest BCUT2D eigenvalue weighted by Gasteiger charge is -2.16. The van der Waals surface area contributed by atoms with Crippen LogP contribution < -0.4 is 4.90 Å². The van der Waals surface area contributed by atoms with Gasteiger partial charge in [0.05, 0.1) is 12.2 Å². The molecule has 0 aliphatic carbocycles. The van der Waals surface area contributed by atoms with Crippen LogP contribution >= 0.6 is 0 Å². The summed E-state index contributed by atoms with van der Waals surface area (Å²) in [5, 5.41) is 8.72. The molecule has 0 amide bonds. The number of rotatable bonds is 3. The average Bonchev–Trinajstić information content (AvgIpc) is 2.77. The molecule has 0 unspecified atom stereocenters. The Morgan fingerprint density at radius 2 is 2.44 bits per heavy atom. The molecule has 1 N–H and O–H groups in total. The number of aromatic nitrogens is 1. The van der Waals surface area contributed by atoms with Crippen molar-refractivity contribution < 1.29 is 14.3 Å². The first-order valence-corrected chi connectivity index (χ1v) is 5.21. The van der Waals surface area contributed by atoms with E-state index in [9.17, 15) is 9.18 Å². The van der Waals surface area contributed by atoms with Crippen molar-refractivity contribution >= 4 is 11.8 Å². The zero-order valence-electron chi connectivity index (χ0n) is 8.77. The molecule has 16 heavy (non-hydrogen) atoms. The van der Waals surface area contributed by atoms with Crippen LogP contribution in [0.3, 0.4) is 0 Å². The molecule has 0 spiro atoms. The van der Waals surface area contributed by atoms with Crippen LogP contribution in [0.4, 0.5) is 10.2 Å². The van der Waals surface area contributed by atoms with Gasteiger partial charge in [-0.3, -0.25) is 4.39 Å². The number of halogens is 1. The molecule has 0 radical (unpaired) electrons. The lowest BCUT2D eigenvalue weighted by molar-refractivity contribution is 0.0696. The van der Waals surface area contributed by atoms with E-state index >= 15 is 0 Å². The van der Waals surface area contributed by atoms with Crippen molar-refractivity contribution in [3.8, 4) is 0 Å². The van der Waals surface area contributed by atoms with Crippen LogP contribution in [0.5, 0.6) is 0 Å². The summed E-state index contributed by atoms with van der Waals surface area (Å²) >= 11 is 0. The monoisotopic (exact) mass is 224 g/mol. The van der Waals surface area contributed by atoms with Crippen LogP contribution in [0.25, 0.3) is 0 Å². The summed E-state index contributed by atoms with van der Waals surface area (Å²) in [6.07, 6.45) is 2.17. The van der Waals surface area contributed by atoms with E-state index in [0.29, 0.717) is 6.54 Å². The second kappa shape index (κ2) is 4.47. The lowest BCUT2D eigenvalue weighted by Crippen LogP contribution is -2.21. The van der Waals surface area contributed by atoms with Crippen molar-refractivity contribution in [1.82, 2.24) is 4.98 Å². The summed E-state index contributed by atoms with van der Waals surface area (Å²) in [6.45, 7) is 1.15. The van der Waals surface area contributed by atoms with Gasteiger partial charge in [0.1, 0.15) is 5.82 Å². The van der Waals surface area contributed by atoms with E-state index in [0.717, 1.165) is 18.8 Å². The highest BCUT2D eigenvalue weighted by atomic mass is 19.1. The smallest absolute Gasteiger partial charge is 0.337 e. The Morgan fingerprint density at radius 3 is 2.94 bits per heavy atom. The Kier molecular flexibility index (Phi) is 3.03. The number of aromatic carboxylic acids is 1. The highest BCUT2D eigenvalue weighted by Crippen LogP contribution is 2.22. The van der Waals surface area contributed by atoms with Gasteiger partial charge in [-0.25, -0.2) is 9.78 Å². The molecule has 1 aromatic rings. The fourth-order valence-electron chi connectivity index (χ4n) is 1.87. The van der Waals surface area contributed by atoms with Crippen LogP contribution in [-0.2, 0) is 0 Å². The Labute approximate surface area is 92.7 Å². The summed E-state index contributed by atoms with van der Waals surface area (Å²) in [7, 11) is 0. The number of hydrogen-bond acceptors (Lipinski definition) is 3. The topological polar surface area (TPSA) is 53.4 Å². The Balaban J connectivity index is 2.08. The van der Waals surface area contributed by atoms with E-state index in [2.05, 4.69) is 4.98 Å². The number of alkyl halides is 1. The SMILES string of the molecule is O=C(O)c1ccc(N2CC[C@H](CF)C2)nc1. The summed E-state index contributed by atoms with van der Waals surface area (Å²) in [5.41, 5.74) is 0.171. The molecule has 5 heteroatoms. The number of carbonyl (C=O) groups is 1. The molecule has 1 saturated heterocycles. The van der Waals surface area contributed by atoms with Crippen LogP contribution in [0.2, 0.25) is 0 Å². The first-order chi connectivity index (χ1) is 7.70. The Hall–Kier alpha value is -1.65. The second-order valence-corrected chi connectivity index (χ2v) is 3.97. The van der Waals surface area contributed by atoms with E-state index in [4.69, 9.17) is 5.11 Å². The fourth-order valence-corrected chi connectivity index (χ4v) is 1.87. The zero-order valence-corrected chi connectivity index (χ0v) is 8.77. The quantitative estimate of drug-likeness (QED) is 0.846. The number of hydrogen-bond donors (Lipinski definition) is 1. The van der Waals surface area contributed by atoms with Crippen LogP contribution in [0.1, 0.15) is 16.8 Å². The van der Waals surface area contributed by atoms with Gasteiger partial charge in [-0.1, -0.05) is 0 Å².